The first-order valence-corrected chi connectivity index (χ1v) is 19.7. The molecule has 0 radical (unpaired) electrons. The number of aromatic nitrogens is 2. The zero-order valence-corrected chi connectivity index (χ0v) is 32.0. The molecule has 10 nitrogen and oxygen atoms in total. The van der Waals surface area contributed by atoms with Crippen LogP contribution in [0, 0.1) is 47.3 Å². The van der Waals surface area contributed by atoms with Crippen LogP contribution in [0.5, 0.6) is 11.5 Å². The smallest absolute Gasteiger partial charge is 0.302 e. The largest absolute Gasteiger partial charge is 0.504 e. The Kier molecular flexibility index (Phi) is 12.4. The molecule has 2 heterocycles. The predicted molar refractivity (Wildman–Crippen MR) is 204 cm³/mol. The van der Waals surface area contributed by atoms with Gasteiger partial charge in [-0.3, -0.25) is 9.59 Å². The van der Waals surface area contributed by atoms with E-state index in [4.69, 9.17) is 19.9 Å². The molecule has 6 rings (SSSR count). The number of esters is 2. The Balaban J connectivity index is 1.28. The van der Waals surface area contributed by atoms with E-state index >= 15 is 0 Å². The number of rotatable bonds is 13. The normalized spacial score (nSPS) is 28.0. The van der Waals surface area contributed by atoms with Crippen LogP contribution in [0.4, 0.5) is 5.82 Å². The number of H-pyrrole nitrogens is 1. The van der Waals surface area contributed by atoms with Crippen LogP contribution in [-0.4, -0.2) is 58.0 Å². The van der Waals surface area contributed by atoms with E-state index in [0.717, 1.165) is 48.8 Å². The van der Waals surface area contributed by atoms with E-state index in [9.17, 15) is 19.8 Å². The Hall–Kier alpha value is -4.05. The molecule has 53 heavy (non-hydrogen) atoms. The van der Waals surface area contributed by atoms with Gasteiger partial charge in [-0.25, -0.2) is 4.98 Å². The number of aliphatic hydroxyl groups excluding tert-OH is 1. The first kappa shape index (κ1) is 38.7. The maximum atomic E-state index is 12.8. The molecule has 3 saturated carbocycles. The fourth-order valence-electron chi connectivity index (χ4n) is 10.8. The quantitative estimate of drug-likeness (QED) is 0.130. The number of aliphatic hydroxyl groups is 1. The van der Waals surface area contributed by atoms with E-state index in [1.54, 1.807) is 24.4 Å². The van der Waals surface area contributed by atoms with Crippen LogP contribution in [0.3, 0.4) is 0 Å². The molecule has 3 aromatic rings. The number of carbonyl (C=O) groups excluding carboxylic acids is 2. The number of hydrogen-bond donors (Lipinski definition) is 4. The predicted octanol–water partition coefficient (Wildman–Crippen LogP) is 7.69. The number of nitrogen functional groups attached to an aromatic ring is 1. The highest BCUT2D eigenvalue weighted by molar-refractivity contribution is 5.72. The maximum Gasteiger partial charge on any atom is 0.302 e. The Bertz CT molecular complexity index is 1690. The Morgan fingerprint density at radius 2 is 1.79 bits per heavy atom. The lowest BCUT2D eigenvalue weighted by molar-refractivity contribution is -0.158. The fourth-order valence-corrected chi connectivity index (χ4v) is 10.8. The molecule has 2 aromatic heterocycles. The van der Waals surface area contributed by atoms with Crippen LogP contribution in [0.25, 0.3) is 11.1 Å². The van der Waals surface area contributed by atoms with Gasteiger partial charge in [0.05, 0.1) is 7.11 Å². The highest BCUT2D eigenvalue weighted by Crippen LogP contribution is 2.59. The van der Waals surface area contributed by atoms with Crippen molar-refractivity contribution in [2.45, 2.75) is 104 Å². The lowest BCUT2D eigenvalue weighted by Gasteiger charge is -2.55. The minimum atomic E-state index is -0.536. The van der Waals surface area contributed by atoms with Gasteiger partial charge in [-0.2, -0.15) is 0 Å². The summed E-state index contributed by atoms with van der Waals surface area (Å²) in [6.07, 6.45) is 10.2. The number of nitrogens with two attached hydrogens (primary N) is 1. The van der Waals surface area contributed by atoms with Gasteiger partial charge in [-0.15, -0.1) is 0 Å². The monoisotopic (exact) mass is 729 g/mol. The van der Waals surface area contributed by atoms with Crippen molar-refractivity contribution in [1.82, 2.24) is 9.97 Å². The highest BCUT2D eigenvalue weighted by Gasteiger charge is 2.51. The van der Waals surface area contributed by atoms with Crippen LogP contribution < -0.4 is 10.5 Å². The number of phenolic OH excluding ortho intramolecular Hbond substituents is 1. The summed E-state index contributed by atoms with van der Waals surface area (Å²) in [6, 6.07) is 11.4. The SMILES string of the molecule is COc1cc(CCC(CC(OC(C)=O)C2CC3CC4C(CCC(c5ccc[nH]5)C4CC3C(C)C)C(CO)C2)OC(C)=O)c(-c2ccnc(N)c2)cc1O. The fraction of sp³-hybridized carbons (Fsp3) is 0.605. The Morgan fingerprint density at radius 3 is 2.45 bits per heavy atom. The third-order valence-electron chi connectivity index (χ3n) is 13.0. The lowest BCUT2D eigenvalue weighted by Crippen LogP contribution is -2.49. The third-order valence-corrected chi connectivity index (χ3v) is 13.0. The summed E-state index contributed by atoms with van der Waals surface area (Å²) in [5.41, 5.74) is 9.83. The summed E-state index contributed by atoms with van der Waals surface area (Å²) < 4.78 is 17.7. The van der Waals surface area contributed by atoms with E-state index < -0.39 is 18.2 Å². The van der Waals surface area contributed by atoms with Crippen molar-refractivity contribution in [2.24, 2.45) is 47.3 Å². The van der Waals surface area contributed by atoms with Crippen LogP contribution in [0.2, 0.25) is 0 Å². The van der Waals surface area contributed by atoms with Gasteiger partial charge in [0, 0.05) is 50.9 Å². The van der Waals surface area contributed by atoms with Gasteiger partial charge in [-0.1, -0.05) is 13.8 Å². The number of phenols is 1. The zero-order chi connectivity index (χ0) is 37.8. The number of nitrogens with one attached hydrogen (secondary N) is 1. The first-order valence-electron chi connectivity index (χ1n) is 19.7. The van der Waals surface area contributed by atoms with E-state index in [-0.39, 0.29) is 30.2 Å². The number of aromatic amines is 1. The number of pyridine rings is 1. The van der Waals surface area contributed by atoms with Crippen LogP contribution >= 0.6 is 0 Å². The number of aryl methyl sites for hydroxylation is 1. The van der Waals surface area contributed by atoms with Crippen LogP contribution in [0.15, 0.2) is 48.8 Å². The van der Waals surface area contributed by atoms with Crippen molar-refractivity contribution in [3.8, 4) is 22.6 Å². The summed E-state index contributed by atoms with van der Waals surface area (Å²) in [5, 5.41) is 21.7. The molecule has 288 valence electrons. The molecule has 10 unspecified atom stereocenters. The van der Waals surface area contributed by atoms with E-state index in [1.165, 1.54) is 33.1 Å². The number of carbonyl (C=O) groups is 2. The standard InChI is InChI=1S/C43H59N3O7/c1-24(2)35-21-38-34(39-7-6-13-45-39)11-10-33-31(23-47)16-30(15-29(35)17-37(33)38)41(53-26(4)49)20-32(52-25(3)48)9-8-27-18-42(51-5)40(50)22-36(27)28-12-14-46-43(44)19-28/h6-7,12-14,18-19,22,24,29-35,37-38,41,45,47,50H,8-11,15-17,20-21,23H2,1-5H3,(H2,44,46). The molecule has 2 bridgehead atoms. The maximum absolute atomic E-state index is 12.8. The Labute approximate surface area is 314 Å². The summed E-state index contributed by atoms with van der Waals surface area (Å²) in [6.45, 7) is 7.69. The number of anilines is 1. The summed E-state index contributed by atoms with van der Waals surface area (Å²) in [4.78, 5) is 33.0. The van der Waals surface area contributed by atoms with Crippen molar-refractivity contribution >= 4 is 17.8 Å². The van der Waals surface area contributed by atoms with Crippen molar-refractivity contribution in [3.05, 3.63) is 60.0 Å². The van der Waals surface area contributed by atoms with Crippen molar-refractivity contribution in [1.29, 1.82) is 0 Å². The highest BCUT2D eigenvalue weighted by atomic mass is 16.6. The summed E-state index contributed by atoms with van der Waals surface area (Å²) in [5.74, 6) is 3.72. The summed E-state index contributed by atoms with van der Waals surface area (Å²) >= 11 is 0. The second-order valence-electron chi connectivity index (χ2n) is 16.4. The van der Waals surface area contributed by atoms with Crippen molar-refractivity contribution in [2.75, 3.05) is 19.5 Å². The van der Waals surface area contributed by atoms with Gasteiger partial charge in [0.1, 0.15) is 18.0 Å². The molecule has 10 heteroatoms. The zero-order valence-electron chi connectivity index (χ0n) is 32.0. The number of fused-ring (bicyclic) bond motifs is 1. The van der Waals surface area contributed by atoms with E-state index in [2.05, 4.69) is 35.9 Å². The first-order chi connectivity index (χ1) is 25.4. The van der Waals surface area contributed by atoms with E-state index in [0.29, 0.717) is 72.3 Å². The minimum absolute atomic E-state index is 0.00423. The number of ether oxygens (including phenoxy) is 3. The number of methoxy groups -OCH3 is 1. The molecule has 0 spiro atoms. The van der Waals surface area contributed by atoms with Gasteiger partial charge >= 0.3 is 11.9 Å². The molecule has 10 atom stereocenters. The average Bonchev–Trinajstić information content (AvgIpc) is 3.65. The number of aromatic hydroxyl groups is 1. The number of hydrogen-bond acceptors (Lipinski definition) is 9. The van der Waals surface area contributed by atoms with Crippen LogP contribution in [-0.2, 0) is 25.5 Å². The molecule has 0 amide bonds. The number of nitrogens with zero attached hydrogens (tertiary/aromatic N) is 1. The van der Waals surface area contributed by atoms with E-state index in [1.807, 2.05) is 12.3 Å². The summed E-state index contributed by atoms with van der Waals surface area (Å²) in [7, 11) is 1.51. The van der Waals surface area contributed by atoms with Crippen LogP contribution in [0.1, 0.15) is 96.2 Å². The number of benzene rings is 1. The molecule has 3 aliphatic rings. The van der Waals surface area contributed by atoms with Crippen molar-refractivity contribution in [3.63, 3.8) is 0 Å². The molecule has 5 N–H and O–H groups in total. The molecular formula is C43H59N3O7. The Morgan fingerprint density at radius 1 is 1.00 bits per heavy atom. The molecule has 0 aliphatic heterocycles. The average molecular weight is 730 g/mol. The van der Waals surface area contributed by atoms with Gasteiger partial charge < -0.3 is 35.1 Å². The van der Waals surface area contributed by atoms with Gasteiger partial charge in [0.15, 0.2) is 11.5 Å². The van der Waals surface area contributed by atoms with Gasteiger partial charge in [0.25, 0.3) is 0 Å². The van der Waals surface area contributed by atoms with Gasteiger partial charge in [0.2, 0.25) is 0 Å². The second kappa shape index (κ2) is 17.0. The minimum Gasteiger partial charge on any atom is -0.504 e. The molecule has 3 fully saturated rings. The molecular weight excluding hydrogens is 670 g/mol. The second-order valence-corrected chi connectivity index (χ2v) is 16.4. The topological polar surface area (TPSA) is 157 Å². The molecule has 0 saturated heterocycles. The third kappa shape index (κ3) is 8.85. The molecule has 1 aromatic carbocycles. The van der Waals surface area contributed by atoms with Gasteiger partial charge in [-0.05, 0) is 152 Å². The van der Waals surface area contributed by atoms with Crippen molar-refractivity contribution < 1.29 is 34.0 Å². The molecule has 3 aliphatic carbocycles. The lowest BCUT2D eigenvalue weighted by atomic mass is 9.50.